The Labute approximate surface area is 132 Å². The molecule has 5 heteroatoms. The van der Waals surface area contributed by atoms with E-state index in [2.05, 4.69) is 31.1 Å². The minimum atomic E-state index is -0.0540. The van der Waals surface area contributed by atoms with Gasteiger partial charge in [-0.2, -0.15) is 0 Å². The summed E-state index contributed by atoms with van der Waals surface area (Å²) in [7, 11) is 2.12. The van der Waals surface area contributed by atoms with Gasteiger partial charge >= 0.3 is 0 Å². The topological polar surface area (TPSA) is 58.4 Å². The molecule has 0 atom stereocenters. The summed E-state index contributed by atoms with van der Waals surface area (Å²) in [6, 6.07) is 7.60. The normalized spacial score (nSPS) is 10.9. The quantitative estimate of drug-likeness (QED) is 0.571. The van der Waals surface area contributed by atoms with Crippen molar-refractivity contribution in [1.82, 2.24) is 10.2 Å². The molecule has 4 nitrogen and oxygen atoms in total. The van der Waals surface area contributed by atoms with Crippen molar-refractivity contribution >= 4 is 23.1 Å². The highest BCUT2D eigenvalue weighted by atomic mass is 32.1. The van der Waals surface area contributed by atoms with Gasteiger partial charge in [0.1, 0.15) is 4.99 Å². The van der Waals surface area contributed by atoms with E-state index >= 15 is 0 Å². The number of carbonyl (C=O) groups excluding carboxylic acids is 1. The lowest BCUT2D eigenvalue weighted by molar-refractivity contribution is 0.0952. The Hall–Kier alpha value is -1.46. The van der Waals surface area contributed by atoms with Crippen LogP contribution in [0.2, 0.25) is 0 Å². The molecule has 0 aliphatic carbocycles. The number of nitrogens with two attached hydrogens (primary N) is 1. The molecule has 0 unspecified atom stereocenters. The molecule has 1 aromatic carbocycles. The monoisotopic (exact) mass is 307 g/mol. The molecule has 116 valence electrons. The SMILES string of the molecule is CC(C)N(C)CCCCNC(=O)c1ccc(C(N)=S)cc1. The first-order valence-electron chi connectivity index (χ1n) is 7.30. The highest BCUT2D eigenvalue weighted by Crippen LogP contribution is 2.04. The minimum Gasteiger partial charge on any atom is -0.389 e. The second kappa shape index (κ2) is 8.74. The maximum Gasteiger partial charge on any atom is 0.251 e. The summed E-state index contributed by atoms with van der Waals surface area (Å²) >= 11 is 4.88. The molecule has 0 aliphatic rings. The van der Waals surface area contributed by atoms with Crippen molar-refractivity contribution < 1.29 is 4.79 Å². The van der Waals surface area contributed by atoms with E-state index in [9.17, 15) is 4.79 Å². The zero-order chi connectivity index (χ0) is 15.8. The summed E-state index contributed by atoms with van der Waals surface area (Å²) in [5.74, 6) is -0.0540. The molecule has 1 rings (SSSR count). The minimum absolute atomic E-state index is 0.0540. The number of nitrogens with one attached hydrogen (secondary N) is 1. The van der Waals surface area contributed by atoms with Crippen LogP contribution in [0.5, 0.6) is 0 Å². The summed E-state index contributed by atoms with van der Waals surface area (Å²) in [6.07, 6.45) is 2.06. The molecule has 0 saturated heterocycles. The van der Waals surface area contributed by atoms with Gasteiger partial charge in [0.2, 0.25) is 0 Å². The van der Waals surface area contributed by atoms with Gasteiger partial charge < -0.3 is 16.0 Å². The van der Waals surface area contributed by atoms with Crippen molar-refractivity contribution in [2.24, 2.45) is 5.73 Å². The Morgan fingerprint density at radius 1 is 1.24 bits per heavy atom. The van der Waals surface area contributed by atoms with E-state index < -0.39 is 0 Å². The molecule has 21 heavy (non-hydrogen) atoms. The van der Waals surface area contributed by atoms with Crippen LogP contribution in [-0.2, 0) is 0 Å². The van der Waals surface area contributed by atoms with Gasteiger partial charge in [-0.15, -0.1) is 0 Å². The van der Waals surface area contributed by atoms with Gasteiger partial charge in [-0.3, -0.25) is 4.79 Å². The third-order valence-electron chi connectivity index (χ3n) is 3.54. The molecule has 1 amide bonds. The molecule has 3 N–H and O–H groups in total. The first-order valence-corrected chi connectivity index (χ1v) is 7.71. The summed E-state index contributed by atoms with van der Waals surface area (Å²) in [5, 5.41) is 2.93. The maximum atomic E-state index is 11.9. The number of amides is 1. The van der Waals surface area contributed by atoms with Crippen molar-refractivity contribution in [2.45, 2.75) is 32.7 Å². The number of carbonyl (C=O) groups is 1. The number of nitrogens with zero attached hydrogens (tertiary/aromatic N) is 1. The molecule has 0 saturated carbocycles. The molecular weight excluding hydrogens is 282 g/mol. The number of thiocarbonyl (C=S) groups is 1. The summed E-state index contributed by atoms with van der Waals surface area (Å²) in [4.78, 5) is 14.6. The van der Waals surface area contributed by atoms with Gasteiger partial charge in [-0.1, -0.05) is 24.4 Å². The first kappa shape index (κ1) is 17.6. The van der Waals surface area contributed by atoms with Gasteiger partial charge in [0, 0.05) is 23.7 Å². The third-order valence-corrected chi connectivity index (χ3v) is 3.77. The van der Waals surface area contributed by atoms with Crippen molar-refractivity contribution in [3.8, 4) is 0 Å². The molecule has 0 aromatic heterocycles. The number of hydrogen-bond donors (Lipinski definition) is 2. The molecular formula is C16H25N3OS. The Bertz CT molecular complexity index is 471. The largest absolute Gasteiger partial charge is 0.389 e. The van der Waals surface area contributed by atoms with E-state index in [1.54, 1.807) is 24.3 Å². The Morgan fingerprint density at radius 3 is 2.33 bits per heavy atom. The average molecular weight is 307 g/mol. The van der Waals surface area contributed by atoms with E-state index in [0.29, 0.717) is 23.1 Å². The lowest BCUT2D eigenvalue weighted by Gasteiger charge is -2.20. The first-order chi connectivity index (χ1) is 9.91. The van der Waals surface area contributed by atoms with Crippen LogP contribution < -0.4 is 11.1 Å². The summed E-state index contributed by atoms with van der Waals surface area (Å²) < 4.78 is 0. The molecule has 0 spiro atoms. The Kier molecular flexibility index (Phi) is 7.32. The second-order valence-electron chi connectivity index (χ2n) is 5.48. The van der Waals surface area contributed by atoms with Gasteiger partial charge in [-0.25, -0.2) is 0 Å². The van der Waals surface area contributed by atoms with Crippen molar-refractivity contribution in [3.05, 3.63) is 35.4 Å². The predicted molar refractivity (Wildman–Crippen MR) is 91.7 cm³/mol. The fraction of sp³-hybridized carbons (Fsp3) is 0.500. The summed E-state index contributed by atoms with van der Waals surface area (Å²) in [6.45, 7) is 6.11. The van der Waals surface area contributed by atoms with Crippen LogP contribution in [0.25, 0.3) is 0 Å². The van der Waals surface area contributed by atoms with Gasteiger partial charge in [0.15, 0.2) is 0 Å². The number of hydrogen-bond acceptors (Lipinski definition) is 3. The number of rotatable bonds is 8. The van der Waals surface area contributed by atoms with Crippen LogP contribution in [0, 0.1) is 0 Å². The van der Waals surface area contributed by atoms with Gasteiger partial charge in [-0.05, 0) is 52.4 Å². The second-order valence-corrected chi connectivity index (χ2v) is 5.92. The van der Waals surface area contributed by atoms with Crippen LogP contribution in [0.4, 0.5) is 0 Å². The smallest absolute Gasteiger partial charge is 0.251 e. The van der Waals surface area contributed by atoms with Crippen molar-refractivity contribution in [2.75, 3.05) is 20.1 Å². The zero-order valence-corrected chi connectivity index (χ0v) is 13.9. The van der Waals surface area contributed by atoms with Crippen LogP contribution in [-0.4, -0.2) is 42.0 Å². The zero-order valence-electron chi connectivity index (χ0n) is 13.1. The van der Waals surface area contributed by atoms with Gasteiger partial charge in [0.05, 0.1) is 0 Å². The molecule has 0 heterocycles. The lowest BCUT2D eigenvalue weighted by Crippen LogP contribution is -2.29. The third kappa shape index (κ3) is 6.23. The van der Waals surface area contributed by atoms with Crippen LogP contribution in [0.1, 0.15) is 42.6 Å². The molecule has 0 fully saturated rings. The highest BCUT2D eigenvalue weighted by molar-refractivity contribution is 7.80. The molecule has 0 aliphatic heterocycles. The van der Waals surface area contributed by atoms with E-state index in [0.717, 1.165) is 24.9 Å². The fourth-order valence-electron chi connectivity index (χ4n) is 1.83. The van der Waals surface area contributed by atoms with Crippen LogP contribution in [0.3, 0.4) is 0 Å². The standard InChI is InChI=1S/C16H25N3OS/c1-12(2)19(3)11-5-4-10-18-16(20)14-8-6-13(7-9-14)15(17)21/h6-9,12H,4-5,10-11H2,1-3H3,(H2,17,21)(H,18,20). The molecule has 0 bridgehead atoms. The lowest BCUT2D eigenvalue weighted by atomic mass is 10.1. The van der Waals surface area contributed by atoms with Crippen LogP contribution >= 0.6 is 12.2 Å². The highest BCUT2D eigenvalue weighted by Gasteiger charge is 2.06. The van der Waals surface area contributed by atoms with Crippen LogP contribution in [0.15, 0.2) is 24.3 Å². The number of unbranched alkanes of at least 4 members (excludes halogenated alkanes) is 1. The maximum absolute atomic E-state index is 11.9. The van der Waals surface area contributed by atoms with E-state index in [-0.39, 0.29) is 5.91 Å². The fourth-order valence-corrected chi connectivity index (χ4v) is 1.97. The van der Waals surface area contributed by atoms with Gasteiger partial charge in [0.25, 0.3) is 5.91 Å². The number of benzene rings is 1. The summed E-state index contributed by atoms with van der Waals surface area (Å²) in [5.41, 5.74) is 6.94. The average Bonchev–Trinajstić information content (AvgIpc) is 2.46. The van der Waals surface area contributed by atoms with E-state index in [1.165, 1.54) is 0 Å². The Morgan fingerprint density at radius 2 is 1.81 bits per heavy atom. The van der Waals surface area contributed by atoms with E-state index in [1.807, 2.05) is 0 Å². The van der Waals surface area contributed by atoms with Crippen molar-refractivity contribution in [3.63, 3.8) is 0 Å². The Balaban J connectivity index is 2.29. The molecule has 1 aromatic rings. The van der Waals surface area contributed by atoms with Crippen molar-refractivity contribution in [1.29, 1.82) is 0 Å². The molecule has 0 radical (unpaired) electrons. The van der Waals surface area contributed by atoms with E-state index in [4.69, 9.17) is 18.0 Å². The predicted octanol–water partition coefficient (Wildman–Crippen LogP) is 2.17.